The fourth-order valence-electron chi connectivity index (χ4n) is 1.77. The first-order chi connectivity index (χ1) is 8.92. The molecule has 0 spiro atoms. The highest BCUT2D eigenvalue weighted by Crippen LogP contribution is 2.33. The number of ether oxygens (including phenoxy) is 2. The van der Waals surface area contributed by atoms with Crippen molar-refractivity contribution in [2.75, 3.05) is 12.5 Å². The van der Waals surface area contributed by atoms with Gasteiger partial charge in [-0.05, 0) is 43.9 Å². The lowest BCUT2D eigenvalue weighted by Gasteiger charge is -2.09. The zero-order valence-corrected chi connectivity index (χ0v) is 13.1. The summed E-state index contributed by atoms with van der Waals surface area (Å²) in [6, 6.07) is 0. The van der Waals surface area contributed by atoms with Gasteiger partial charge in [0, 0.05) is 12.2 Å². The first-order valence-electron chi connectivity index (χ1n) is 6.57. The maximum atomic E-state index is 11.5. The summed E-state index contributed by atoms with van der Waals surface area (Å²) in [5, 5.41) is -0.224. The molecule has 0 aromatic carbocycles. The van der Waals surface area contributed by atoms with Crippen molar-refractivity contribution >= 4 is 25.6 Å². The van der Waals surface area contributed by atoms with Gasteiger partial charge in [0.2, 0.25) is 8.87 Å². The molecule has 0 N–H and O–H groups in total. The van der Waals surface area contributed by atoms with E-state index in [0.717, 1.165) is 23.6 Å². The van der Waals surface area contributed by atoms with Crippen molar-refractivity contribution in [3.63, 3.8) is 0 Å². The third-order valence-electron chi connectivity index (χ3n) is 2.87. The molecule has 19 heavy (non-hydrogen) atoms. The lowest BCUT2D eigenvalue weighted by Crippen LogP contribution is -2.13. The van der Waals surface area contributed by atoms with Crippen molar-refractivity contribution in [2.24, 2.45) is 0 Å². The molecule has 1 aliphatic heterocycles. The molecule has 0 aromatic heterocycles. The van der Waals surface area contributed by atoms with E-state index in [1.807, 2.05) is 13.8 Å². The number of esters is 1. The van der Waals surface area contributed by atoms with Crippen LogP contribution < -0.4 is 0 Å². The van der Waals surface area contributed by atoms with Crippen LogP contribution in [0.25, 0.3) is 0 Å². The Kier molecular flexibility index (Phi) is 7.17. The van der Waals surface area contributed by atoms with Gasteiger partial charge in [0.1, 0.15) is 0 Å². The Bertz CT molecular complexity index is 378. The van der Waals surface area contributed by atoms with E-state index in [0.29, 0.717) is 25.0 Å². The van der Waals surface area contributed by atoms with E-state index >= 15 is 0 Å². The maximum Gasteiger partial charge on any atom is 0.307 e. The third kappa shape index (κ3) is 6.63. The summed E-state index contributed by atoms with van der Waals surface area (Å²) in [6.07, 6.45) is 3.14. The summed E-state index contributed by atoms with van der Waals surface area (Å²) in [7, 11) is -1.88. The minimum Gasteiger partial charge on any atom is -0.438 e. The van der Waals surface area contributed by atoms with Crippen LogP contribution in [0.3, 0.4) is 0 Å². The minimum absolute atomic E-state index is 0.00978. The second-order valence-corrected chi connectivity index (χ2v) is 9.22. The average molecular weight is 310 g/mol. The van der Waals surface area contributed by atoms with Crippen LogP contribution in [-0.2, 0) is 23.1 Å². The van der Waals surface area contributed by atoms with Crippen LogP contribution in [0.4, 0.5) is 0 Å². The highest BCUT2D eigenvalue weighted by Gasteiger charge is 2.31. The fourth-order valence-corrected chi connectivity index (χ4v) is 5.73. The van der Waals surface area contributed by atoms with E-state index in [2.05, 4.69) is 0 Å². The van der Waals surface area contributed by atoms with Crippen molar-refractivity contribution in [3.8, 4) is 0 Å². The molecule has 0 bridgehead atoms. The molecule has 1 atom stereocenters. The molecular weight excluding hydrogens is 288 g/mol. The Morgan fingerprint density at radius 2 is 2.11 bits per heavy atom. The van der Waals surface area contributed by atoms with Gasteiger partial charge in [0.25, 0.3) is 0 Å². The van der Waals surface area contributed by atoms with Crippen LogP contribution in [0.5, 0.6) is 0 Å². The van der Waals surface area contributed by atoms with Crippen molar-refractivity contribution < 1.29 is 22.7 Å². The summed E-state index contributed by atoms with van der Waals surface area (Å²) in [5.41, 5.74) is 0. The molecule has 112 valence electrons. The minimum atomic E-state index is -2.93. The fraction of sp³-hybridized carbons (Fsp3) is 0.917. The number of hydrogen-bond donors (Lipinski definition) is 0. The van der Waals surface area contributed by atoms with E-state index in [1.165, 1.54) is 0 Å². The summed E-state index contributed by atoms with van der Waals surface area (Å²) >= 11 is 0. The molecule has 0 aliphatic carbocycles. The lowest BCUT2D eigenvalue weighted by molar-refractivity contribution is -0.159. The molecule has 1 heterocycles. The SMILES string of the molecule is CC(C)OCOC(=O)CCCCC1CCSS1(=O)=O. The van der Waals surface area contributed by atoms with Crippen molar-refractivity contribution in [1.82, 2.24) is 0 Å². The quantitative estimate of drug-likeness (QED) is 0.296. The second kappa shape index (κ2) is 8.11. The summed E-state index contributed by atoms with van der Waals surface area (Å²) in [6.45, 7) is 3.73. The largest absolute Gasteiger partial charge is 0.438 e. The van der Waals surface area contributed by atoms with Crippen LogP contribution in [0.15, 0.2) is 0 Å². The van der Waals surface area contributed by atoms with Crippen LogP contribution in [0, 0.1) is 0 Å². The predicted molar refractivity (Wildman–Crippen MR) is 75.4 cm³/mol. The molecule has 5 nitrogen and oxygen atoms in total. The third-order valence-corrected chi connectivity index (χ3v) is 7.19. The van der Waals surface area contributed by atoms with E-state index < -0.39 is 8.87 Å². The van der Waals surface area contributed by atoms with Crippen molar-refractivity contribution in [3.05, 3.63) is 0 Å². The van der Waals surface area contributed by atoms with Crippen LogP contribution in [0.2, 0.25) is 0 Å². The lowest BCUT2D eigenvalue weighted by atomic mass is 10.1. The van der Waals surface area contributed by atoms with Gasteiger partial charge in [-0.1, -0.05) is 6.42 Å². The second-order valence-electron chi connectivity index (χ2n) is 4.82. The van der Waals surface area contributed by atoms with Crippen LogP contribution >= 0.6 is 10.8 Å². The van der Waals surface area contributed by atoms with Gasteiger partial charge in [-0.25, -0.2) is 8.42 Å². The van der Waals surface area contributed by atoms with Gasteiger partial charge in [-0.3, -0.25) is 4.79 Å². The molecule has 7 heteroatoms. The molecule has 0 aromatic rings. The Hall–Kier alpha value is -0.270. The van der Waals surface area contributed by atoms with Gasteiger partial charge < -0.3 is 9.47 Å². The Morgan fingerprint density at radius 3 is 2.68 bits per heavy atom. The molecule has 0 saturated carbocycles. The topological polar surface area (TPSA) is 69.7 Å². The predicted octanol–water partition coefficient (Wildman–Crippen LogP) is 2.31. The first-order valence-corrected chi connectivity index (χ1v) is 9.62. The molecule has 0 amide bonds. The van der Waals surface area contributed by atoms with E-state index in [4.69, 9.17) is 9.47 Å². The van der Waals surface area contributed by atoms with E-state index in [1.54, 1.807) is 0 Å². The average Bonchev–Trinajstić information content (AvgIpc) is 2.63. The number of rotatable bonds is 8. The van der Waals surface area contributed by atoms with Gasteiger partial charge in [-0.2, -0.15) is 0 Å². The monoisotopic (exact) mass is 310 g/mol. The molecule has 1 fully saturated rings. The number of hydrogen-bond acceptors (Lipinski definition) is 6. The Labute approximate surface area is 118 Å². The molecule has 1 rings (SSSR count). The zero-order chi connectivity index (χ0) is 14.3. The first kappa shape index (κ1) is 16.8. The Balaban J connectivity index is 2.06. The van der Waals surface area contributed by atoms with Crippen LogP contribution in [-0.4, -0.2) is 38.3 Å². The molecular formula is C12H22O5S2. The van der Waals surface area contributed by atoms with Gasteiger partial charge in [0.05, 0.1) is 11.4 Å². The standard InChI is InChI=1S/C12H22O5S2/c1-10(2)16-9-17-12(13)6-4-3-5-11-7-8-18-19(11,14)15/h10-11H,3-9H2,1-2H3. The maximum absolute atomic E-state index is 11.5. The number of carbonyl (C=O) groups is 1. The van der Waals surface area contributed by atoms with E-state index in [9.17, 15) is 13.2 Å². The van der Waals surface area contributed by atoms with Gasteiger partial charge in [0.15, 0.2) is 6.79 Å². The number of unbranched alkanes of at least 4 members (excludes halogenated alkanes) is 1. The van der Waals surface area contributed by atoms with E-state index in [-0.39, 0.29) is 24.1 Å². The smallest absolute Gasteiger partial charge is 0.307 e. The van der Waals surface area contributed by atoms with Gasteiger partial charge >= 0.3 is 5.97 Å². The van der Waals surface area contributed by atoms with Crippen molar-refractivity contribution in [1.29, 1.82) is 0 Å². The number of carbonyl (C=O) groups excluding carboxylic acids is 1. The van der Waals surface area contributed by atoms with Gasteiger partial charge in [-0.15, -0.1) is 0 Å². The Morgan fingerprint density at radius 1 is 1.37 bits per heavy atom. The molecule has 1 aliphatic rings. The van der Waals surface area contributed by atoms with Crippen molar-refractivity contribution in [2.45, 2.75) is 57.3 Å². The molecule has 0 radical (unpaired) electrons. The molecule has 1 saturated heterocycles. The normalized spacial score (nSPS) is 21.7. The zero-order valence-electron chi connectivity index (χ0n) is 11.5. The highest BCUT2D eigenvalue weighted by atomic mass is 33.1. The highest BCUT2D eigenvalue weighted by molar-refractivity contribution is 8.72. The summed E-state index contributed by atoms with van der Waals surface area (Å²) < 4.78 is 33.1. The van der Waals surface area contributed by atoms with Crippen LogP contribution in [0.1, 0.15) is 46.0 Å². The summed E-state index contributed by atoms with van der Waals surface area (Å²) in [4.78, 5) is 11.3. The summed E-state index contributed by atoms with van der Waals surface area (Å²) in [5.74, 6) is 0.408. The molecule has 1 unspecified atom stereocenters.